The van der Waals surface area contributed by atoms with Gasteiger partial charge in [-0.05, 0) is 41.5 Å². The number of oxazole rings is 1. The van der Waals surface area contributed by atoms with Gasteiger partial charge in [-0.2, -0.15) is 13.2 Å². The molecule has 0 aliphatic carbocycles. The minimum Gasteiger partial charge on any atom is -0.465 e. The standard InChI is InChI=1S/C25H16F4N4O3/c1-33-12-30-32-22(33)20-16(13-6-8-15(26)9-7-13)4-3-5-17(20)23-31-19-11-14(24(34)35-2)10-18(21(19)36-23)25(27,28)29/h3-12H,1-2H3. The number of alkyl halides is 3. The Morgan fingerprint density at radius 3 is 2.42 bits per heavy atom. The molecule has 0 N–H and O–H groups in total. The van der Waals surface area contributed by atoms with Crippen molar-refractivity contribution in [2.45, 2.75) is 6.18 Å². The van der Waals surface area contributed by atoms with Gasteiger partial charge in [-0.1, -0.05) is 24.3 Å². The molecule has 0 saturated carbocycles. The average molecular weight is 496 g/mol. The van der Waals surface area contributed by atoms with Crippen molar-refractivity contribution in [1.29, 1.82) is 0 Å². The van der Waals surface area contributed by atoms with Crippen molar-refractivity contribution < 1.29 is 31.5 Å². The van der Waals surface area contributed by atoms with Crippen LogP contribution in [0.5, 0.6) is 0 Å². The van der Waals surface area contributed by atoms with Crippen LogP contribution < -0.4 is 0 Å². The molecule has 11 heteroatoms. The molecule has 36 heavy (non-hydrogen) atoms. The Hall–Kier alpha value is -4.54. The highest BCUT2D eigenvalue weighted by Crippen LogP contribution is 2.42. The third-order valence-corrected chi connectivity index (χ3v) is 5.60. The Morgan fingerprint density at radius 1 is 1.06 bits per heavy atom. The summed E-state index contributed by atoms with van der Waals surface area (Å²) >= 11 is 0. The van der Waals surface area contributed by atoms with Gasteiger partial charge in [-0.3, -0.25) is 0 Å². The second-order valence-electron chi connectivity index (χ2n) is 7.88. The van der Waals surface area contributed by atoms with Gasteiger partial charge < -0.3 is 13.7 Å². The summed E-state index contributed by atoms with van der Waals surface area (Å²) in [4.78, 5) is 16.3. The second-order valence-corrected chi connectivity index (χ2v) is 7.88. The van der Waals surface area contributed by atoms with Crippen molar-refractivity contribution in [1.82, 2.24) is 19.7 Å². The van der Waals surface area contributed by atoms with Crippen LogP contribution in [0.2, 0.25) is 0 Å². The highest BCUT2D eigenvalue weighted by molar-refractivity contribution is 5.96. The largest absolute Gasteiger partial charge is 0.465 e. The van der Waals surface area contributed by atoms with Crippen molar-refractivity contribution in [2.75, 3.05) is 7.11 Å². The third kappa shape index (κ3) is 3.98. The Labute approximate surface area is 201 Å². The quantitative estimate of drug-likeness (QED) is 0.228. The summed E-state index contributed by atoms with van der Waals surface area (Å²) in [7, 11) is 2.78. The fourth-order valence-electron chi connectivity index (χ4n) is 3.95. The molecule has 0 aliphatic heterocycles. The maximum absolute atomic E-state index is 13.9. The molecule has 0 aliphatic rings. The molecule has 5 aromatic rings. The van der Waals surface area contributed by atoms with E-state index in [4.69, 9.17) is 4.42 Å². The molecular weight excluding hydrogens is 480 g/mol. The number of hydrogen-bond donors (Lipinski definition) is 0. The summed E-state index contributed by atoms with van der Waals surface area (Å²) in [6.45, 7) is 0. The summed E-state index contributed by atoms with van der Waals surface area (Å²) in [5, 5.41) is 8.08. The number of rotatable bonds is 4. The predicted octanol–water partition coefficient (Wildman–Crippen LogP) is 5.90. The molecule has 0 unspecified atom stereocenters. The van der Waals surface area contributed by atoms with Crippen LogP contribution in [0.4, 0.5) is 17.6 Å². The van der Waals surface area contributed by atoms with Crippen molar-refractivity contribution in [3.8, 4) is 34.0 Å². The maximum atomic E-state index is 13.9. The van der Waals surface area contributed by atoms with E-state index >= 15 is 0 Å². The number of aromatic nitrogens is 4. The molecule has 0 amide bonds. The van der Waals surface area contributed by atoms with Gasteiger partial charge in [0.25, 0.3) is 0 Å². The number of ether oxygens (including phenoxy) is 1. The van der Waals surface area contributed by atoms with Gasteiger partial charge in [-0.25, -0.2) is 14.2 Å². The summed E-state index contributed by atoms with van der Waals surface area (Å²) in [5.41, 5.74) is -0.125. The Kier molecular flexibility index (Phi) is 5.54. The molecule has 2 heterocycles. The number of hydrogen-bond acceptors (Lipinski definition) is 6. The van der Waals surface area contributed by atoms with Gasteiger partial charge >= 0.3 is 12.1 Å². The van der Waals surface area contributed by atoms with E-state index in [1.807, 2.05) is 0 Å². The SMILES string of the molecule is COC(=O)c1cc(C(F)(F)F)c2oc(-c3cccc(-c4ccc(F)cc4)c3-c3nncn3C)nc2c1. The van der Waals surface area contributed by atoms with Crippen LogP contribution in [-0.4, -0.2) is 32.8 Å². The van der Waals surface area contributed by atoms with Gasteiger partial charge in [0.1, 0.15) is 23.2 Å². The molecule has 0 saturated heterocycles. The average Bonchev–Trinajstić information content (AvgIpc) is 3.48. The van der Waals surface area contributed by atoms with Crippen LogP contribution in [0.25, 0.3) is 45.1 Å². The zero-order valence-electron chi connectivity index (χ0n) is 18.8. The Morgan fingerprint density at radius 2 is 1.78 bits per heavy atom. The highest BCUT2D eigenvalue weighted by Gasteiger charge is 2.36. The minimum atomic E-state index is -4.82. The van der Waals surface area contributed by atoms with Gasteiger partial charge in [0.15, 0.2) is 11.4 Å². The maximum Gasteiger partial charge on any atom is 0.420 e. The summed E-state index contributed by atoms with van der Waals surface area (Å²) in [5.74, 6) is -1.10. The van der Waals surface area contributed by atoms with Crippen molar-refractivity contribution in [2.24, 2.45) is 7.05 Å². The molecule has 0 spiro atoms. The van der Waals surface area contributed by atoms with Crippen LogP contribution in [0.15, 0.2) is 65.3 Å². The highest BCUT2D eigenvalue weighted by atomic mass is 19.4. The molecule has 0 atom stereocenters. The number of esters is 1. The lowest BCUT2D eigenvalue weighted by atomic mass is 9.94. The lowest BCUT2D eigenvalue weighted by molar-refractivity contribution is -0.136. The van der Waals surface area contributed by atoms with Gasteiger partial charge in [0, 0.05) is 18.2 Å². The lowest BCUT2D eigenvalue weighted by Gasteiger charge is -2.13. The number of benzene rings is 3. The van der Waals surface area contributed by atoms with Crippen molar-refractivity contribution >= 4 is 17.1 Å². The third-order valence-electron chi connectivity index (χ3n) is 5.60. The normalized spacial score (nSPS) is 11.7. The topological polar surface area (TPSA) is 83.0 Å². The van der Waals surface area contributed by atoms with Gasteiger partial charge in [0.05, 0.1) is 12.7 Å². The van der Waals surface area contributed by atoms with Gasteiger partial charge in [0.2, 0.25) is 5.89 Å². The second kappa shape index (κ2) is 8.59. The van der Waals surface area contributed by atoms with E-state index in [0.717, 1.165) is 7.11 Å². The first kappa shape index (κ1) is 23.2. The van der Waals surface area contributed by atoms with E-state index in [9.17, 15) is 22.4 Å². The smallest absolute Gasteiger partial charge is 0.420 e. The zero-order chi connectivity index (χ0) is 25.6. The number of carbonyl (C=O) groups excluding carboxylic acids is 1. The van der Waals surface area contributed by atoms with Crippen molar-refractivity contribution in [3.05, 3.63) is 77.9 Å². The number of halogens is 4. The molecule has 182 valence electrons. The van der Waals surface area contributed by atoms with E-state index in [2.05, 4.69) is 19.9 Å². The number of fused-ring (bicyclic) bond motifs is 1. The molecule has 3 aromatic carbocycles. The number of nitrogens with zero attached hydrogens (tertiary/aromatic N) is 4. The molecule has 2 aromatic heterocycles. The fourth-order valence-corrected chi connectivity index (χ4v) is 3.95. The number of methoxy groups -OCH3 is 1. The van der Waals surface area contributed by atoms with Crippen LogP contribution in [0.3, 0.4) is 0 Å². The van der Waals surface area contributed by atoms with Crippen LogP contribution in [0, 0.1) is 5.82 Å². The minimum absolute atomic E-state index is 0.125. The molecule has 0 fully saturated rings. The lowest BCUT2D eigenvalue weighted by Crippen LogP contribution is -2.09. The first-order valence-electron chi connectivity index (χ1n) is 10.5. The number of aryl methyl sites for hydroxylation is 1. The summed E-state index contributed by atoms with van der Waals surface area (Å²) in [6.07, 6.45) is -3.35. The molecule has 7 nitrogen and oxygen atoms in total. The first-order chi connectivity index (χ1) is 17.2. The zero-order valence-corrected chi connectivity index (χ0v) is 18.8. The van der Waals surface area contributed by atoms with E-state index in [1.165, 1.54) is 24.5 Å². The Balaban J connectivity index is 1.80. The first-order valence-corrected chi connectivity index (χ1v) is 10.5. The molecule has 0 radical (unpaired) electrons. The Bertz CT molecular complexity index is 1600. The van der Waals surface area contributed by atoms with E-state index < -0.39 is 29.1 Å². The monoisotopic (exact) mass is 496 g/mol. The van der Waals surface area contributed by atoms with E-state index in [1.54, 1.807) is 41.9 Å². The van der Waals surface area contributed by atoms with Crippen molar-refractivity contribution in [3.63, 3.8) is 0 Å². The van der Waals surface area contributed by atoms with Gasteiger partial charge in [-0.15, -0.1) is 10.2 Å². The van der Waals surface area contributed by atoms with Crippen LogP contribution in [-0.2, 0) is 18.0 Å². The van der Waals surface area contributed by atoms with Crippen LogP contribution >= 0.6 is 0 Å². The summed E-state index contributed by atoms with van der Waals surface area (Å²) < 4.78 is 67.0. The fraction of sp³-hybridized carbons (Fsp3) is 0.120. The molecule has 5 rings (SSSR count). The van der Waals surface area contributed by atoms with E-state index in [0.29, 0.717) is 34.1 Å². The van der Waals surface area contributed by atoms with E-state index in [-0.39, 0.29) is 17.0 Å². The molecule has 0 bridgehead atoms. The summed E-state index contributed by atoms with van der Waals surface area (Å²) in [6, 6.07) is 12.6. The number of carbonyl (C=O) groups is 1. The molecular formula is C25H16F4N4O3. The van der Waals surface area contributed by atoms with Crippen LogP contribution in [0.1, 0.15) is 15.9 Å². The predicted molar refractivity (Wildman–Crippen MR) is 121 cm³/mol.